The SMILES string of the molecule is Cc1ncc(C(=O)N2CCc3oc(-c4ccccc4)nc3C2)[nH]1. The number of amides is 1. The lowest BCUT2D eigenvalue weighted by Crippen LogP contribution is -2.36. The van der Waals surface area contributed by atoms with Crippen molar-refractivity contribution in [2.45, 2.75) is 19.9 Å². The van der Waals surface area contributed by atoms with E-state index in [1.807, 2.05) is 37.3 Å². The lowest BCUT2D eigenvalue weighted by atomic mass is 10.1. The van der Waals surface area contributed by atoms with E-state index in [1.54, 1.807) is 11.1 Å². The van der Waals surface area contributed by atoms with Crippen molar-refractivity contribution in [1.29, 1.82) is 0 Å². The van der Waals surface area contributed by atoms with E-state index in [0.29, 0.717) is 31.1 Å². The maximum Gasteiger partial charge on any atom is 0.272 e. The standard InChI is InChI=1S/C17H16N4O2/c1-11-18-9-13(19-11)17(22)21-8-7-15-14(10-21)20-16(23-15)12-5-3-2-4-6-12/h2-6,9H,7-8,10H2,1H3,(H,18,19). The summed E-state index contributed by atoms with van der Waals surface area (Å²) in [4.78, 5) is 25.9. The van der Waals surface area contributed by atoms with Crippen molar-refractivity contribution in [3.63, 3.8) is 0 Å². The number of imidazole rings is 1. The maximum absolute atomic E-state index is 12.5. The van der Waals surface area contributed by atoms with Crippen molar-refractivity contribution in [2.24, 2.45) is 0 Å². The van der Waals surface area contributed by atoms with Gasteiger partial charge in [-0.05, 0) is 19.1 Å². The molecular weight excluding hydrogens is 292 g/mol. The van der Waals surface area contributed by atoms with Gasteiger partial charge in [-0.25, -0.2) is 9.97 Å². The molecule has 1 aromatic carbocycles. The predicted octanol–water partition coefficient (Wildman–Crippen LogP) is 2.57. The highest BCUT2D eigenvalue weighted by Crippen LogP contribution is 2.26. The Morgan fingerprint density at radius 1 is 1.30 bits per heavy atom. The normalized spacial score (nSPS) is 13.9. The van der Waals surface area contributed by atoms with Crippen LogP contribution < -0.4 is 0 Å². The number of carbonyl (C=O) groups excluding carboxylic acids is 1. The van der Waals surface area contributed by atoms with Crippen LogP contribution in [0.4, 0.5) is 0 Å². The average Bonchev–Trinajstić information content (AvgIpc) is 3.20. The number of aryl methyl sites for hydroxylation is 1. The number of benzene rings is 1. The zero-order valence-electron chi connectivity index (χ0n) is 12.7. The van der Waals surface area contributed by atoms with Gasteiger partial charge in [0.05, 0.1) is 12.7 Å². The lowest BCUT2D eigenvalue weighted by molar-refractivity contribution is 0.0722. The van der Waals surface area contributed by atoms with Crippen molar-refractivity contribution < 1.29 is 9.21 Å². The van der Waals surface area contributed by atoms with Gasteiger partial charge in [-0.2, -0.15) is 0 Å². The van der Waals surface area contributed by atoms with Crippen LogP contribution in [0.3, 0.4) is 0 Å². The van der Waals surface area contributed by atoms with Crippen molar-refractivity contribution in [3.05, 3.63) is 59.5 Å². The number of nitrogens with zero attached hydrogens (tertiary/aromatic N) is 3. The third kappa shape index (κ3) is 2.52. The number of hydrogen-bond donors (Lipinski definition) is 1. The topological polar surface area (TPSA) is 75.0 Å². The third-order valence-corrected chi connectivity index (χ3v) is 3.97. The Morgan fingerprint density at radius 3 is 2.87 bits per heavy atom. The number of rotatable bonds is 2. The fraction of sp³-hybridized carbons (Fsp3) is 0.235. The van der Waals surface area contributed by atoms with Gasteiger partial charge in [0, 0.05) is 18.5 Å². The number of nitrogens with one attached hydrogen (secondary N) is 1. The quantitative estimate of drug-likeness (QED) is 0.789. The van der Waals surface area contributed by atoms with E-state index in [1.165, 1.54) is 0 Å². The molecule has 2 aromatic heterocycles. The van der Waals surface area contributed by atoms with Gasteiger partial charge < -0.3 is 14.3 Å². The Balaban J connectivity index is 1.58. The van der Waals surface area contributed by atoms with Crippen LogP contribution in [-0.2, 0) is 13.0 Å². The van der Waals surface area contributed by atoms with Crippen LogP contribution in [0, 0.1) is 6.92 Å². The number of aromatic amines is 1. The van der Waals surface area contributed by atoms with Crippen LogP contribution >= 0.6 is 0 Å². The van der Waals surface area contributed by atoms with Crippen molar-refractivity contribution >= 4 is 5.91 Å². The molecule has 1 N–H and O–H groups in total. The van der Waals surface area contributed by atoms with Crippen LogP contribution in [0.5, 0.6) is 0 Å². The summed E-state index contributed by atoms with van der Waals surface area (Å²) in [7, 11) is 0. The van der Waals surface area contributed by atoms with Gasteiger partial charge in [-0.3, -0.25) is 4.79 Å². The molecule has 0 fully saturated rings. The van der Waals surface area contributed by atoms with Crippen LogP contribution in [0.15, 0.2) is 40.9 Å². The first-order valence-electron chi connectivity index (χ1n) is 7.55. The second-order valence-electron chi connectivity index (χ2n) is 5.61. The molecule has 0 unspecified atom stereocenters. The first-order valence-corrected chi connectivity index (χ1v) is 7.55. The Bertz CT molecular complexity index is 851. The van der Waals surface area contributed by atoms with E-state index in [0.717, 1.165) is 22.8 Å². The monoisotopic (exact) mass is 308 g/mol. The maximum atomic E-state index is 12.5. The molecule has 3 aromatic rings. The molecule has 0 saturated carbocycles. The summed E-state index contributed by atoms with van der Waals surface area (Å²) in [6, 6.07) is 9.80. The van der Waals surface area contributed by atoms with Crippen LogP contribution in [0.1, 0.15) is 27.8 Å². The molecule has 0 bridgehead atoms. The molecule has 1 aliphatic rings. The number of aromatic nitrogens is 3. The zero-order chi connectivity index (χ0) is 15.8. The largest absolute Gasteiger partial charge is 0.441 e. The highest BCUT2D eigenvalue weighted by Gasteiger charge is 2.27. The Kier molecular flexibility index (Phi) is 3.22. The smallest absolute Gasteiger partial charge is 0.272 e. The molecule has 0 saturated heterocycles. The summed E-state index contributed by atoms with van der Waals surface area (Å²) in [5.74, 6) is 2.16. The van der Waals surface area contributed by atoms with Crippen LogP contribution in [-0.4, -0.2) is 32.3 Å². The van der Waals surface area contributed by atoms with Crippen LogP contribution in [0.25, 0.3) is 11.5 Å². The number of H-pyrrole nitrogens is 1. The molecule has 0 aliphatic carbocycles. The van der Waals surface area contributed by atoms with Crippen LogP contribution in [0.2, 0.25) is 0 Å². The van der Waals surface area contributed by atoms with Gasteiger partial charge in [-0.1, -0.05) is 18.2 Å². The lowest BCUT2D eigenvalue weighted by Gasteiger charge is -2.24. The van der Waals surface area contributed by atoms with Crippen molar-refractivity contribution in [3.8, 4) is 11.5 Å². The summed E-state index contributed by atoms with van der Waals surface area (Å²) < 4.78 is 5.86. The number of oxazole rings is 1. The second-order valence-corrected chi connectivity index (χ2v) is 5.61. The minimum absolute atomic E-state index is 0.0551. The number of hydrogen-bond acceptors (Lipinski definition) is 4. The van der Waals surface area contributed by atoms with Gasteiger partial charge >= 0.3 is 0 Å². The van der Waals surface area contributed by atoms with Crippen molar-refractivity contribution in [2.75, 3.05) is 6.54 Å². The third-order valence-electron chi connectivity index (χ3n) is 3.97. The molecule has 1 aliphatic heterocycles. The summed E-state index contributed by atoms with van der Waals surface area (Å²) in [6.45, 7) is 2.91. The summed E-state index contributed by atoms with van der Waals surface area (Å²) in [6.07, 6.45) is 2.25. The summed E-state index contributed by atoms with van der Waals surface area (Å²) >= 11 is 0. The van der Waals surface area contributed by atoms with Gasteiger partial charge in [0.1, 0.15) is 23.0 Å². The van der Waals surface area contributed by atoms with E-state index < -0.39 is 0 Å². The van der Waals surface area contributed by atoms with E-state index in [2.05, 4.69) is 15.0 Å². The molecule has 6 nitrogen and oxygen atoms in total. The van der Waals surface area contributed by atoms with Gasteiger partial charge in [0.2, 0.25) is 5.89 Å². The Hall–Kier alpha value is -2.89. The zero-order valence-corrected chi connectivity index (χ0v) is 12.7. The second kappa shape index (κ2) is 5.39. The number of carbonyl (C=O) groups is 1. The van der Waals surface area contributed by atoms with Gasteiger partial charge in [-0.15, -0.1) is 0 Å². The molecule has 23 heavy (non-hydrogen) atoms. The summed E-state index contributed by atoms with van der Waals surface area (Å²) in [5, 5.41) is 0. The van der Waals surface area contributed by atoms with Gasteiger partial charge in [0.15, 0.2) is 0 Å². The van der Waals surface area contributed by atoms with E-state index >= 15 is 0 Å². The van der Waals surface area contributed by atoms with Gasteiger partial charge in [0.25, 0.3) is 5.91 Å². The fourth-order valence-electron chi connectivity index (χ4n) is 2.78. The molecule has 1 amide bonds. The first kappa shape index (κ1) is 13.8. The number of fused-ring (bicyclic) bond motifs is 1. The van der Waals surface area contributed by atoms with E-state index in [4.69, 9.17) is 4.42 Å². The van der Waals surface area contributed by atoms with E-state index in [-0.39, 0.29) is 5.91 Å². The van der Waals surface area contributed by atoms with E-state index in [9.17, 15) is 4.79 Å². The molecule has 0 atom stereocenters. The fourth-order valence-corrected chi connectivity index (χ4v) is 2.78. The molecular formula is C17H16N4O2. The highest BCUT2D eigenvalue weighted by molar-refractivity contribution is 5.92. The summed E-state index contributed by atoms with van der Waals surface area (Å²) in [5.41, 5.74) is 2.29. The molecule has 3 heterocycles. The molecule has 4 rings (SSSR count). The average molecular weight is 308 g/mol. The van der Waals surface area contributed by atoms with Crippen molar-refractivity contribution in [1.82, 2.24) is 19.9 Å². The Morgan fingerprint density at radius 2 is 2.13 bits per heavy atom. The molecule has 116 valence electrons. The molecule has 0 radical (unpaired) electrons. The highest BCUT2D eigenvalue weighted by atomic mass is 16.4. The Labute approximate surface area is 133 Å². The molecule has 0 spiro atoms. The predicted molar refractivity (Wildman–Crippen MR) is 83.7 cm³/mol. The minimum Gasteiger partial charge on any atom is -0.441 e. The molecule has 6 heteroatoms. The first-order chi connectivity index (χ1) is 11.2. The minimum atomic E-state index is -0.0551.